The summed E-state index contributed by atoms with van der Waals surface area (Å²) < 4.78 is 11.3. The maximum absolute atomic E-state index is 5.99. The number of rotatable bonds is 10. The molecule has 24 heavy (non-hydrogen) atoms. The Morgan fingerprint density at radius 1 is 0.917 bits per heavy atom. The highest BCUT2D eigenvalue weighted by atomic mass is 35.5. The summed E-state index contributed by atoms with van der Waals surface area (Å²) in [5.41, 5.74) is 2.49. The normalized spacial score (nSPS) is 12.5. The summed E-state index contributed by atoms with van der Waals surface area (Å²) in [4.78, 5) is 0. The van der Waals surface area contributed by atoms with Crippen LogP contribution in [-0.2, 0) is 15.9 Å². The molecule has 0 fully saturated rings. The lowest BCUT2D eigenvalue weighted by molar-refractivity contribution is -0.133. The highest BCUT2D eigenvalue weighted by Gasteiger charge is 2.15. The second-order valence-corrected chi connectivity index (χ2v) is 5.98. The van der Waals surface area contributed by atoms with Crippen molar-refractivity contribution in [3.05, 3.63) is 70.7 Å². The van der Waals surface area contributed by atoms with Gasteiger partial charge in [0.05, 0.1) is 0 Å². The predicted molar refractivity (Wildman–Crippen MR) is 99.4 cm³/mol. The molecule has 0 radical (unpaired) electrons. The molecule has 0 saturated heterocycles. The molecule has 1 N–H and O–H groups in total. The van der Waals surface area contributed by atoms with Gasteiger partial charge >= 0.3 is 0 Å². The molecule has 0 spiro atoms. The second kappa shape index (κ2) is 10.5. The van der Waals surface area contributed by atoms with Gasteiger partial charge in [0.15, 0.2) is 6.29 Å². The molecule has 0 bridgehead atoms. The van der Waals surface area contributed by atoms with Crippen LogP contribution in [-0.4, -0.2) is 26.0 Å². The van der Waals surface area contributed by atoms with Gasteiger partial charge in [0, 0.05) is 30.8 Å². The van der Waals surface area contributed by atoms with E-state index in [0.717, 1.165) is 11.4 Å². The van der Waals surface area contributed by atoms with E-state index >= 15 is 0 Å². The SMILES string of the molecule is CCOC(CN[C@H](Cc1ccc(Cl)cc1)c1ccccc1)OCC. The van der Waals surface area contributed by atoms with Crippen LogP contribution in [0.3, 0.4) is 0 Å². The molecule has 1 atom stereocenters. The number of benzene rings is 2. The van der Waals surface area contributed by atoms with Crippen LogP contribution in [0.5, 0.6) is 0 Å². The minimum Gasteiger partial charge on any atom is -0.352 e. The van der Waals surface area contributed by atoms with E-state index < -0.39 is 0 Å². The highest BCUT2D eigenvalue weighted by Crippen LogP contribution is 2.20. The first-order valence-corrected chi connectivity index (χ1v) is 8.86. The zero-order valence-corrected chi connectivity index (χ0v) is 15.1. The smallest absolute Gasteiger partial charge is 0.169 e. The lowest BCUT2D eigenvalue weighted by Crippen LogP contribution is -2.35. The van der Waals surface area contributed by atoms with Crippen LogP contribution in [0.25, 0.3) is 0 Å². The van der Waals surface area contributed by atoms with Crippen molar-refractivity contribution in [2.45, 2.75) is 32.6 Å². The third-order valence-corrected chi connectivity index (χ3v) is 4.04. The number of hydrogen-bond donors (Lipinski definition) is 1. The summed E-state index contributed by atoms with van der Waals surface area (Å²) in [6, 6.07) is 18.6. The Morgan fingerprint density at radius 3 is 2.12 bits per heavy atom. The van der Waals surface area contributed by atoms with Crippen molar-refractivity contribution in [3.8, 4) is 0 Å². The van der Waals surface area contributed by atoms with E-state index in [2.05, 4.69) is 41.7 Å². The lowest BCUT2D eigenvalue weighted by atomic mass is 9.99. The molecule has 4 heteroatoms. The minimum atomic E-state index is -0.226. The van der Waals surface area contributed by atoms with E-state index in [9.17, 15) is 0 Å². The number of ether oxygens (including phenoxy) is 2. The van der Waals surface area contributed by atoms with Gasteiger partial charge in [0.2, 0.25) is 0 Å². The maximum Gasteiger partial charge on any atom is 0.169 e. The van der Waals surface area contributed by atoms with E-state index in [1.54, 1.807) is 0 Å². The van der Waals surface area contributed by atoms with E-state index in [0.29, 0.717) is 19.8 Å². The lowest BCUT2D eigenvalue weighted by Gasteiger charge is -2.23. The molecule has 0 aliphatic rings. The van der Waals surface area contributed by atoms with E-state index in [1.165, 1.54) is 11.1 Å². The van der Waals surface area contributed by atoms with Gasteiger partial charge in [-0.1, -0.05) is 54.1 Å². The van der Waals surface area contributed by atoms with Crippen LogP contribution < -0.4 is 5.32 Å². The fourth-order valence-electron chi connectivity index (χ4n) is 2.63. The van der Waals surface area contributed by atoms with Crippen molar-refractivity contribution < 1.29 is 9.47 Å². The molecular formula is C20H26ClNO2. The Labute approximate surface area is 149 Å². The molecule has 2 aromatic rings. The number of nitrogens with one attached hydrogen (secondary N) is 1. The minimum absolute atomic E-state index is 0.191. The summed E-state index contributed by atoms with van der Waals surface area (Å²) in [6.07, 6.45) is 0.656. The molecule has 0 aliphatic heterocycles. The van der Waals surface area contributed by atoms with Crippen LogP contribution in [0, 0.1) is 0 Å². The molecule has 0 aromatic heterocycles. The van der Waals surface area contributed by atoms with Gasteiger partial charge in [-0.05, 0) is 43.5 Å². The van der Waals surface area contributed by atoms with Crippen molar-refractivity contribution in [2.75, 3.05) is 19.8 Å². The topological polar surface area (TPSA) is 30.5 Å². The van der Waals surface area contributed by atoms with Gasteiger partial charge in [-0.25, -0.2) is 0 Å². The molecule has 130 valence electrons. The first-order valence-electron chi connectivity index (χ1n) is 8.48. The Bertz CT molecular complexity index is 568. The van der Waals surface area contributed by atoms with Crippen molar-refractivity contribution in [3.63, 3.8) is 0 Å². The van der Waals surface area contributed by atoms with E-state index in [1.807, 2.05) is 32.0 Å². The van der Waals surface area contributed by atoms with Crippen LogP contribution in [0.2, 0.25) is 5.02 Å². The molecule has 0 unspecified atom stereocenters. The van der Waals surface area contributed by atoms with Gasteiger partial charge in [0.1, 0.15) is 0 Å². The van der Waals surface area contributed by atoms with Crippen molar-refractivity contribution in [1.82, 2.24) is 5.32 Å². The third kappa shape index (κ3) is 6.25. The predicted octanol–water partition coefficient (Wildman–Crippen LogP) is 4.61. The summed E-state index contributed by atoms with van der Waals surface area (Å²) in [6.45, 7) is 5.89. The van der Waals surface area contributed by atoms with Crippen molar-refractivity contribution in [1.29, 1.82) is 0 Å². The molecule has 0 saturated carbocycles. The van der Waals surface area contributed by atoms with Crippen LogP contribution >= 0.6 is 11.6 Å². The average molecular weight is 348 g/mol. The summed E-state index contributed by atoms with van der Waals surface area (Å²) in [5, 5.41) is 4.35. The monoisotopic (exact) mass is 347 g/mol. The van der Waals surface area contributed by atoms with Gasteiger partial charge < -0.3 is 14.8 Å². The zero-order valence-electron chi connectivity index (χ0n) is 14.4. The largest absolute Gasteiger partial charge is 0.352 e. The molecule has 0 aliphatic carbocycles. The summed E-state index contributed by atoms with van der Waals surface area (Å²) >= 11 is 5.99. The average Bonchev–Trinajstić information content (AvgIpc) is 2.61. The molecule has 0 amide bonds. The highest BCUT2D eigenvalue weighted by molar-refractivity contribution is 6.30. The third-order valence-electron chi connectivity index (χ3n) is 3.79. The number of hydrogen-bond acceptors (Lipinski definition) is 3. The Hall–Kier alpha value is -1.39. The van der Waals surface area contributed by atoms with Gasteiger partial charge in [-0.2, -0.15) is 0 Å². The molecule has 2 aromatic carbocycles. The van der Waals surface area contributed by atoms with Gasteiger partial charge in [0.25, 0.3) is 0 Å². The van der Waals surface area contributed by atoms with Gasteiger partial charge in [-0.3, -0.25) is 0 Å². The quantitative estimate of drug-likeness (QED) is 0.636. The van der Waals surface area contributed by atoms with E-state index in [4.69, 9.17) is 21.1 Å². The number of halogens is 1. The van der Waals surface area contributed by atoms with Crippen molar-refractivity contribution >= 4 is 11.6 Å². The standard InChI is InChI=1S/C20H26ClNO2/c1-3-23-20(24-4-2)15-22-19(17-8-6-5-7-9-17)14-16-10-12-18(21)13-11-16/h5-13,19-20,22H,3-4,14-15H2,1-2H3/t19-/m1/s1. The Morgan fingerprint density at radius 2 is 1.54 bits per heavy atom. The first kappa shape index (κ1) is 18.9. The van der Waals surface area contributed by atoms with Crippen LogP contribution in [0.4, 0.5) is 0 Å². The first-order chi connectivity index (χ1) is 11.7. The van der Waals surface area contributed by atoms with Gasteiger partial charge in [-0.15, -0.1) is 0 Å². The fraction of sp³-hybridized carbons (Fsp3) is 0.400. The summed E-state index contributed by atoms with van der Waals surface area (Å²) in [7, 11) is 0. The second-order valence-electron chi connectivity index (χ2n) is 5.54. The van der Waals surface area contributed by atoms with Crippen LogP contribution in [0.1, 0.15) is 31.0 Å². The van der Waals surface area contributed by atoms with Crippen molar-refractivity contribution in [2.24, 2.45) is 0 Å². The molecule has 3 nitrogen and oxygen atoms in total. The maximum atomic E-state index is 5.99. The fourth-order valence-corrected chi connectivity index (χ4v) is 2.75. The van der Waals surface area contributed by atoms with Crippen LogP contribution in [0.15, 0.2) is 54.6 Å². The Balaban J connectivity index is 2.06. The molecule has 2 rings (SSSR count). The Kier molecular flexibility index (Phi) is 8.26. The molecular weight excluding hydrogens is 322 g/mol. The van der Waals surface area contributed by atoms with E-state index in [-0.39, 0.29) is 12.3 Å². The zero-order chi connectivity index (χ0) is 17.2. The summed E-state index contributed by atoms with van der Waals surface area (Å²) in [5.74, 6) is 0. The molecule has 0 heterocycles.